The van der Waals surface area contributed by atoms with Crippen molar-refractivity contribution in [3.63, 3.8) is 0 Å². The van der Waals surface area contributed by atoms with Crippen molar-refractivity contribution in [2.24, 2.45) is 0 Å². The van der Waals surface area contributed by atoms with Crippen LogP contribution in [-0.2, 0) is 5.88 Å². The van der Waals surface area contributed by atoms with Crippen LogP contribution >= 0.6 is 23.2 Å². The molecule has 2 heteroatoms. The molecule has 0 unspecified atom stereocenters. The highest BCUT2D eigenvalue weighted by molar-refractivity contribution is 6.33. The van der Waals surface area contributed by atoms with Crippen LogP contribution in [-0.4, -0.2) is 0 Å². The molecule has 0 aliphatic rings. The van der Waals surface area contributed by atoms with Crippen molar-refractivity contribution in [2.45, 2.75) is 19.7 Å². The fourth-order valence-electron chi connectivity index (χ4n) is 0.999. The summed E-state index contributed by atoms with van der Waals surface area (Å²) in [4.78, 5) is 0. The highest BCUT2D eigenvalue weighted by Gasteiger charge is 2.04. The number of alkyl halides is 1. The van der Waals surface area contributed by atoms with E-state index in [9.17, 15) is 0 Å². The van der Waals surface area contributed by atoms with Gasteiger partial charge >= 0.3 is 0 Å². The lowest BCUT2D eigenvalue weighted by atomic mass is 10.1. The molecule has 60 valence electrons. The first-order valence-corrected chi connectivity index (χ1v) is 4.38. The highest BCUT2D eigenvalue weighted by atomic mass is 35.5. The van der Waals surface area contributed by atoms with Gasteiger partial charge in [-0.3, -0.25) is 0 Å². The minimum absolute atomic E-state index is 0.492. The summed E-state index contributed by atoms with van der Waals surface area (Å²) in [5.41, 5.74) is 3.30. The average Bonchev–Trinajstić information content (AvgIpc) is 1.99. The molecule has 0 saturated carbocycles. The zero-order valence-corrected chi connectivity index (χ0v) is 8.13. The van der Waals surface area contributed by atoms with Gasteiger partial charge in [0.05, 0.1) is 0 Å². The number of rotatable bonds is 1. The van der Waals surface area contributed by atoms with E-state index in [1.807, 2.05) is 26.0 Å². The van der Waals surface area contributed by atoms with E-state index in [2.05, 4.69) is 0 Å². The summed E-state index contributed by atoms with van der Waals surface area (Å²) in [5.74, 6) is 0.492. The van der Waals surface area contributed by atoms with Gasteiger partial charge in [-0.2, -0.15) is 0 Å². The van der Waals surface area contributed by atoms with Gasteiger partial charge < -0.3 is 0 Å². The summed E-state index contributed by atoms with van der Waals surface area (Å²) in [7, 11) is 0. The summed E-state index contributed by atoms with van der Waals surface area (Å²) in [6, 6.07) is 4.05. The number of hydrogen-bond donors (Lipinski definition) is 0. The fraction of sp³-hybridized carbons (Fsp3) is 0.333. The number of hydrogen-bond acceptors (Lipinski definition) is 0. The Morgan fingerprint density at radius 2 is 1.73 bits per heavy atom. The van der Waals surface area contributed by atoms with Crippen LogP contribution in [0.3, 0.4) is 0 Å². The summed E-state index contributed by atoms with van der Waals surface area (Å²) in [6.45, 7) is 4.00. The third-order valence-corrected chi connectivity index (χ3v) is 2.60. The van der Waals surface area contributed by atoms with E-state index in [1.54, 1.807) is 0 Å². The first-order valence-electron chi connectivity index (χ1n) is 3.47. The second-order valence-corrected chi connectivity index (χ2v) is 3.27. The first kappa shape index (κ1) is 8.89. The van der Waals surface area contributed by atoms with Crippen molar-refractivity contribution >= 4 is 23.2 Å². The number of aryl methyl sites for hydroxylation is 2. The molecule has 0 aromatic heterocycles. The molecule has 0 nitrogen and oxygen atoms in total. The Balaban J connectivity index is 3.29. The van der Waals surface area contributed by atoms with Crippen molar-refractivity contribution in [3.05, 3.63) is 33.8 Å². The van der Waals surface area contributed by atoms with Crippen LogP contribution < -0.4 is 0 Å². The highest BCUT2D eigenvalue weighted by Crippen LogP contribution is 2.24. The van der Waals surface area contributed by atoms with Gasteiger partial charge in [-0.15, -0.1) is 11.6 Å². The Bertz CT molecular complexity index is 267. The molecular formula is C9H10Cl2. The maximum absolute atomic E-state index is 6.01. The zero-order chi connectivity index (χ0) is 8.43. The van der Waals surface area contributed by atoms with Crippen LogP contribution in [0.1, 0.15) is 16.7 Å². The Hall–Kier alpha value is -0.200. The Morgan fingerprint density at radius 1 is 1.18 bits per heavy atom. The van der Waals surface area contributed by atoms with Crippen molar-refractivity contribution in [2.75, 3.05) is 0 Å². The van der Waals surface area contributed by atoms with Crippen LogP contribution in [0.5, 0.6) is 0 Å². The quantitative estimate of drug-likeness (QED) is 0.591. The van der Waals surface area contributed by atoms with Gasteiger partial charge in [0.15, 0.2) is 0 Å². The molecule has 11 heavy (non-hydrogen) atoms. The Morgan fingerprint density at radius 3 is 2.18 bits per heavy atom. The molecule has 1 aromatic carbocycles. The monoisotopic (exact) mass is 188 g/mol. The van der Waals surface area contributed by atoms with Gasteiger partial charge in [0.1, 0.15) is 0 Å². The summed E-state index contributed by atoms with van der Waals surface area (Å²) < 4.78 is 0. The predicted molar refractivity (Wildman–Crippen MR) is 50.5 cm³/mol. The summed E-state index contributed by atoms with van der Waals surface area (Å²) in [5, 5.41) is 0.806. The summed E-state index contributed by atoms with van der Waals surface area (Å²) in [6.07, 6.45) is 0. The minimum atomic E-state index is 0.492. The Kier molecular flexibility index (Phi) is 2.80. The standard InChI is InChI=1S/C9H10Cl2/c1-6-3-4-7(2)9(11)8(6)5-10/h3-4H,5H2,1-2H3. The lowest BCUT2D eigenvalue weighted by Gasteiger charge is -2.06. The van der Waals surface area contributed by atoms with Crippen LogP contribution in [0.2, 0.25) is 5.02 Å². The molecule has 0 saturated heterocycles. The van der Waals surface area contributed by atoms with E-state index in [0.29, 0.717) is 5.88 Å². The molecule has 0 bridgehead atoms. The van der Waals surface area contributed by atoms with E-state index < -0.39 is 0 Å². The molecule has 0 amide bonds. The maximum atomic E-state index is 6.01. The van der Waals surface area contributed by atoms with Crippen LogP contribution in [0.15, 0.2) is 12.1 Å². The van der Waals surface area contributed by atoms with E-state index in [-0.39, 0.29) is 0 Å². The lowest BCUT2D eigenvalue weighted by Crippen LogP contribution is -1.88. The molecule has 0 fully saturated rings. The van der Waals surface area contributed by atoms with Gasteiger partial charge in [-0.05, 0) is 30.5 Å². The van der Waals surface area contributed by atoms with Crippen LogP contribution in [0, 0.1) is 13.8 Å². The van der Waals surface area contributed by atoms with Crippen molar-refractivity contribution < 1.29 is 0 Å². The molecule has 0 N–H and O–H groups in total. The molecule has 1 rings (SSSR count). The van der Waals surface area contributed by atoms with E-state index in [4.69, 9.17) is 23.2 Å². The van der Waals surface area contributed by atoms with E-state index in [1.165, 1.54) is 0 Å². The fourth-order valence-corrected chi connectivity index (χ4v) is 1.69. The zero-order valence-electron chi connectivity index (χ0n) is 6.62. The molecule has 1 aromatic rings. The number of benzene rings is 1. The van der Waals surface area contributed by atoms with Gasteiger partial charge in [0.25, 0.3) is 0 Å². The summed E-state index contributed by atoms with van der Waals surface area (Å²) >= 11 is 11.7. The molecule has 0 aliphatic heterocycles. The third kappa shape index (κ3) is 1.69. The van der Waals surface area contributed by atoms with Crippen LogP contribution in [0.4, 0.5) is 0 Å². The third-order valence-electron chi connectivity index (χ3n) is 1.80. The molecular weight excluding hydrogens is 179 g/mol. The van der Waals surface area contributed by atoms with Gasteiger partial charge in [0, 0.05) is 10.9 Å². The number of halogens is 2. The first-order chi connectivity index (χ1) is 5.16. The largest absolute Gasteiger partial charge is 0.121 e. The molecule has 0 aliphatic carbocycles. The topological polar surface area (TPSA) is 0 Å². The van der Waals surface area contributed by atoms with Gasteiger partial charge in [-0.1, -0.05) is 23.7 Å². The minimum Gasteiger partial charge on any atom is -0.121 e. The van der Waals surface area contributed by atoms with Crippen molar-refractivity contribution in [1.29, 1.82) is 0 Å². The van der Waals surface area contributed by atoms with Crippen LogP contribution in [0.25, 0.3) is 0 Å². The Labute approximate surface area is 77.1 Å². The lowest BCUT2D eigenvalue weighted by molar-refractivity contribution is 1.27. The maximum Gasteiger partial charge on any atom is 0.0491 e. The van der Waals surface area contributed by atoms with Crippen molar-refractivity contribution in [1.82, 2.24) is 0 Å². The molecule has 0 spiro atoms. The molecule has 0 atom stereocenters. The molecule has 0 heterocycles. The van der Waals surface area contributed by atoms with E-state index in [0.717, 1.165) is 21.7 Å². The van der Waals surface area contributed by atoms with E-state index >= 15 is 0 Å². The van der Waals surface area contributed by atoms with Crippen molar-refractivity contribution in [3.8, 4) is 0 Å². The second kappa shape index (κ2) is 3.46. The predicted octanol–water partition coefficient (Wildman–Crippen LogP) is 3.70. The second-order valence-electron chi connectivity index (χ2n) is 2.63. The normalized spacial score (nSPS) is 10.2. The average molecular weight is 189 g/mol. The smallest absolute Gasteiger partial charge is 0.0491 e. The SMILES string of the molecule is Cc1ccc(C)c(CCl)c1Cl. The van der Waals surface area contributed by atoms with Gasteiger partial charge in [-0.25, -0.2) is 0 Å². The van der Waals surface area contributed by atoms with Gasteiger partial charge in [0.2, 0.25) is 0 Å². The molecule has 0 radical (unpaired) electrons.